The Morgan fingerprint density at radius 3 is 2.62 bits per heavy atom. The highest BCUT2D eigenvalue weighted by Gasteiger charge is 2.14. The summed E-state index contributed by atoms with van der Waals surface area (Å²) in [7, 11) is 1.59. The van der Waals surface area contributed by atoms with Gasteiger partial charge in [0.05, 0.1) is 30.3 Å². The number of ether oxygens (including phenoxy) is 1. The summed E-state index contributed by atoms with van der Waals surface area (Å²) in [6, 6.07) is 21.6. The molecule has 6 nitrogen and oxygen atoms in total. The standard InChI is InChI=1S/C24H20ClN3O3S/c1-31-19-11-9-18(10-12-19)26-22(29)15-32-24-27-21-8-3-2-7-20(21)23(30)28(24)14-16-5-4-6-17(25)13-16/h2-13H,14-15H2,1H3,(H,26,29). The first-order valence-electron chi connectivity index (χ1n) is 9.84. The number of aromatic nitrogens is 2. The number of fused-ring (bicyclic) bond motifs is 1. The average Bonchev–Trinajstić information content (AvgIpc) is 2.80. The van der Waals surface area contributed by atoms with Gasteiger partial charge in [0.2, 0.25) is 5.91 Å². The lowest BCUT2D eigenvalue weighted by Crippen LogP contribution is -2.25. The minimum Gasteiger partial charge on any atom is -0.497 e. The van der Waals surface area contributed by atoms with Crippen molar-refractivity contribution in [3.05, 3.63) is 93.7 Å². The summed E-state index contributed by atoms with van der Waals surface area (Å²) in [6.45, 7) is 0.305. The number of anilines is 1. The van der Waals surface area contributed by atoms with Gasteiger partial charge in [-0.1, -0.05) is 47.6 Å². The fraction of sp³-hybridized carbons (Fsp3) is 0.125. The summed E-state index contributed by atoms with van der Waals surface area (Å²) in [6.07, 6.45) is 0. The lowest BCUT2D eigenvalue weighted by atomic mass is 10.2. The predicted molar refractivity (Wildman–Crippen MR) is 129 cm³/mol. The molecule has 0 atom stereocenters. The Morgan fingerprint density at radius 2 is 1.88 bits per heavy atom. The highest BCUT2D eigenvalue weighted by molar-refractivity contribution is 7.99. The second-order valence-electron chi connectivity index (χ2n) is 7.00. The van der Waals surface area contributed by atoms with Crippen molar-refractivity contribution in [2.45, 2.75) is 11.7 Å². The van der Waals surface area contributed by atoms with E-state index in [0.29, 0.717) is 39.1 Å². The number of hydrogen-bond donors (Lipinski definition) is 1. The minimum absolute atomic E-state index is 0.104. The van der Waals surface area contributed by atoms with Crippen molar-refractivity contribution in [2.24, 2.45) is 0 Å². The molecule has 4 rings (SSSR count). The summed E-state index contributed by atoms with van der Waals surface area (Å²) in [5, 5.41) is 4.44. The summed E-state index contributed by atoms with van der Waals surface area (Å²) < 4.78 is 6.71. The van der Waals surface area contributed by atoms with Crippen LogP contribution in [0.1, 0.15) is 5.56 Å². The van der Waals surface area contributed by atoms with Gasteiger partial charge in [0, 0.05) is 10.7 Å². The Balaban J connectivity index is 1.58. The second kappa shape index (κ2) is 9.89. The number of hydrogen-bond acceptors (Lipinski definition) is 5. The van der Waals surface area contributed by atoms with Crippen molar-refractivity contribution in [1.82, 2.24) is 9.55 Å². The zero-order valence-corrected chi connectivity index (χ0v) is 18.8. The van der Waals surface area contributed by atoms with E-state index in [-0.39, 0.29) is 17.2 Å². The van der Waals surface area contributed by atoms with Crippen molar-refractivity contribution < 1.29 is 9.53 Å². The van der Waals surface area contributed by atoms with Crippen LogP contribution in [-0.2, 0) is 11.3 Å². The Kier molecular flexibility index (Phi) is 6.78. The third-order valence-electron chi connectivity index (χ3n) is 4.76. The smallest absolute Gasteiger partial charge is 0.262 e. The van der Waals surface area contributed by atoms with E-state index in [0.717, 1.165) is 5.56 Å². The second-order valence-corrected chi connectivity index (χ2v) is 8.38. The Labute approximate surface area is 194 Å². The van der Waals surface area contributed by atoms with E-state index >= 15 is 0 Å². The molecule has 0 saturated carbocycles. The van der Waals surface area contributed by atoms with Crippen LogP contribution in [0.25, 0.3) is 10.9 Å². The number of amides is 1. The van der Waals surface area contributed by atoms with Gasteiger partial charge in [-0.3, -0.25) is 14.2 Å². The third-order valence-corrected chi connectivity index (χ3v) is 5.97. The molecule has 0 unspecified atom stereocenters. The molecule has 0 bridgehead atoms. The fourth-order valence-corrected chi connectivity index (χ4v) is 4.23. The Bertz CT molecular complexity index is 1320. The molecule has 0 aliphatic carbocycles. The van der Waals surface area contributed by atoms with Crippen molar-refractivity contribution in [1.29, 1.82) is 0 Å². The number of halogens is 1. The molecule has 8 heteroatoms. The Hall–Kier alpha value is -3.29. The van der Waals surface area contributed by atoms with Gasteiger partial charge >= 0.3 is 0 Å². The van der Waals surface area contributed by atoms with Gasteiger partial charge in [0.1, 0.15) is 5.75 Å². The quantitative estimate of drug-likeness (QED) is 0.312. The maximum atomic E-state index is 13.2. The van der Waals surface area contributed by atoms with Crippen LogP contribution < -0.4 is 15.6 Å². The lowest BCUT2D eigenvalue weighted by Gasteiger charge is -2.13. The first-order valence-corrected chi connectivity index (χ1v) is 11.2. The van der Waals surface area contributed by atoms with Gasteiger partial charge in [-0.2, -0.15) is 0 Å². The highest BCUT2D eigenvalue weighted by atomic mass is 35.5. The van der Waals surface area contributed by atoms with Crippen molar-refractivity contribution in [2.75, 3.05) is 18.2 Å². The first kappa shape index (κ1) is 21.9. The number of methoxy groups -OCH3 is 1. The normalized spacial score (nSPS) is 10.8. The molecular weight excluding hydrogens is 446 g/mol. The molecule has 0 aliphatic heterocycles. The zero-order chi connectivity index (χ0) is 22.5. The van der Waals surface area contributed by atoms with Gasteiger partial charge < -0.3 is 10.1 Å². The van der Waals surface area contributed by atoms with Gasteiger partial charge in [-0.25, -0.2) is 4.98 Å². The number of para-hydroxylation sites is 1. The van der Waals surface area contributed by atoms with E-state index < -0.39 is 0 Å². The number of nitrogens with one attached hydrogen (secondary N) is 1. The monoisotopic (exact) mass is 465 g/mol. The molecule has 1 amide bonds. The van der Waals surface area contributed by atoms with Gasteiger partial charge in [0.25, 0.3) is 5.56 Å². The number of carbonyl (C=O) groups is 1. The van der Waals surface area contributed by atoms with E-state index in [2.05, 4.69) is 10.3 Å². The van der Waals surface area contributed by atoms with E-state index in [9.17, 15) is 9.59 Å². The SMILES string of the molecule is COc1ccc(NC(=O)CSc2nc3ccccc3c(=O)n2Cc2cccc(Cl)c2)cc1. The molecule has 1 N–H and O–H groups in total. The van der Waals surface area contributed by atoms with E-state index in [1.54, 1.807) is 54.1 Å². The number of rotatable bonds is 7. The van der Waals surface area contributed by atoms with Gasteiger partial charge in [-0.05, 0) is 54.1 Å². The van der Waals surface area contributed by atoms with Crippen LogP contribution in [0.4, 0.5) is 5.69 Å². The third kappa shape index (κ3) is 5.12. The molecule has 1 aromatic heterocycles. The van der Waals surface area contributed by atoms with E-state index in [1.165, 1.54) is 11.8 Å². The number of nitrogens with zero attached hydrogens (tertiary/aromatic N) is 2. The molecule has 0 spiro atoms. The van der Waals surface area contributed by atoms with Crippen LogP contribution in [0.5, 0.6) is 5.75 Å². The maximum Gasteiger partial charge on any atom is 0.262 e. The van der Waals surface area contributed by atoms with Crippen LogP contribution in [-0.4, -0.2) is 28.3 Å². The summed E-state index contributed by atoms with van der Waals surface area (Å²) in [5.74, 6) is 0.617. The van der Waals surface area contributed by atoms with Crippen LogP contribution in [0.2, 0.25) is 5.02 Å². The van der Waals surface area contributed by atoms with Crippen molar-refractivity contribution in [3.8, 4) is 5.75 Å². The molecule has 0 aliphatic rings. The van der Waals surface area contributed by atoms with Crippen molar-refractivity contribution in [3.63, 3.8) is 0 Å². The summed E-state index contributed by atoms with van der Waals surface area (Å²) in [5.41, 5.74) is 1.98. The molecule has 0 radical (unpaired) electrons. The molecule has 0 saturated heterocycles. The average molecular weight is 466 g/mol. The zero-order valence-electron chi connectivity index (χ0n) is 17.2. The van der Waals surface area contributed by atoms with Crippen LogP contribution in [0.3, 0.4) is 0 Å². The topological polar surface area (TPSA) is 73.2 Å². The minimum atomic E-state index is -0.197. The van der Waals surface area contributed by atoms with Crippen LogP contribution in [0.15, 0.2) is 82.7 Å². The molecule has 4 aromatic rings. The first-order chi connectivity index (χ1) is 15.5. The van der Waals surface area contributed by atoms with Gasteiger partial charge in [0.15, 0.2) is 5.16 Å². The summed E-state index contributed by atoms with van der Waals surface area (Å²) >= 11 is 7.33. The molecular formula is C24H20ClN3O3S. The van der Waals surface area contributed by atoms with Crippen LogP contribution >= 0.6 is 23.4 Å². The molecule has 162 valence electrons. The molecule has 1 heterocycles. The number of thioether (sulfide) groups is 1. The predicted octanol–water partition coefficient (Wildman–Crippen LogP) is 4.84. The highest BCUT2D eigenvalue weighted by Crippen LogP contribution is 2.21. The maximum absolute atomic E-state index is 13.2. The molecule has 0 fully saturated rings. The molecule has 3 aromatic carbocycles. The summed E-state index contributed by atoms with van der Waals surface area (Å²) in [4.78, 5) is 30.4. The van der Waals surface area contributed by atoms with Crippen LogP contribution in [0, 0.1) is 0 Å². The molecule has 32 heavy (non-hydrogen) atoms. The van der Waals surface area contributed by atoms with E-state index in [4.69, 9.17) is 16.3 Å². The van der Waals surface area contributed by atoms with Gasteiger partial charge in [-0.15, -0.1) is 0 Å². The number of benzene rings is 3. The van der Waals surface area contributed by atoms with Crippen molar-refractivity contribution >= 4 is 45.9 Å². The van der Waals surface area contributed by atoms with E-state index in [1.807, 2.05) is 30.3 Å². The lowest BCUT2D eigenvalue weighted by molar-refractivity contribution is -0.113. The largest absolute Gasteiger partial charge is 0.497 e. The Morgan fingerprint density at radius 1 is 1.09 bits per heavy atom. The fourth-order valence-electron chi connectivity index (χ4n) is 3.22. The number of carbonyl (C=O) groups excluding carboxylic acids is 1.